The normalized spacial score (nSPS) is 10.1. The number of rotatable bonds is 4. The van der Waals surface area contributed by atoms with Gasteiger partial charge in [-0.15, -0.1) is 0 Å². The first-order valence-electron chi connectivity index (χ1n) is 5.49. The third kappa shape index (κ3) is 3.15. The van der Waals surface area contributed by atoms with Crippen LogP contribution in [0, 0.1) is 0 Å². The van der Waals surface area contributed by atoms with Gasteiger partial charge in [0.05, 0.1) is 5.02 Å². The standard InChI is InChI=1S/C15H12BrClO/c1-2-11-7-8-13(9-15(11)17)18-10-12-5-3-4-6-14(12)16/h2-9H,1,10H2. The molecule has 0 spiro atoms. The minimum Gasteiger partial charge on any atom is -0.489 e. The van der Waals surface area contributed by atoms with Crippen molar-refractivity contribution in [2.24, 2.45) is 0 Å². The molecule has 0 aliphatic heterocycles. The van der Waals surface area contributed by atoms with Gasteiger partial charge in [0.25, 0.3) is 0 Å². The fourth-order valence-corrected chi connectivity index (χ4v) is 2.19. The first kappa shape index (κ1) is 13.2. The van der Waals surface area contributed by atoms with Gasteiger partial charge in [-0.05, 0) is 29.8 Å². The molecule has 1 nitrogen and oxygen atoms in total. The van der Waals surface area contributed by atoms with Gasteiger partial charge in [-0.2, -0.15) is 0 Å². The quantitative estimate of drug-likeness (QED) is 0.739. The first-order chi connectivity index (χ1) is 8.70. The Bertz CT molecular complexity index is 566. The van der Waals surface area contributed by atoms with Crippen molar-refractivity contribution in [3.8, 4) is 5.75 Å². The maximum atomic E-state index is 6.08. The molecule has 0 aromatic heterocycles. The van der Waals surface area contributed by atoms with Gasteiger partial charge in [0.15, 0.2) is 0 Å². The molecule has 0 unspecified atom stereocenters. The zero-order chi connectivity index (χ0) is 13.0. The minimum atomic E-state index is 0.505. The zero-order valence-corrected chi connectivity index (χ0v) is 12.0. The fraction of sp³-hybridized carbons (Fsp3) is 0.0667. The summed E-state index contributed by atoms with van der Waals surface area (Å²) in [5.41, 5.74) is 2.01. The van der Waals surface area contributed by atoms with Gasteiger partial charge in [0.2, 0.25) is 0 Å². The van der Waals surface area contributed by atoms with Crippen LogP contribution in [0.2, 0.25) is 5.02 Å². The second-order valence-corrected chi connectivity index (χ2v) is 5.03. The molecule has 0 atom stereocenters. The summed E-state index contributed by atoms with van der Waals surface area (Å²) in [7, 11) is 0. The summed E-state index contributed by atoms with van der Waals surface area (Å²) in [5.74, 6) is 0.751. The largest absolute Gasteiger partial charge is 0.489 e. The van der Waals surface area contributed by atoms with Crippen molar-refractivity contribution in [1.29, 1.82) is 0 Å². The van der Waals surface area contributed by atoms with E-state index >= 15 is 0 Å². The zero-order valence-electron chi connectivity index (χ0n) is 9.70. The van der Waals surface area contributed by atoms with E-state index in [0.29, 0.717) is 11.6 Å². The fourth-order valence-electron chi connectivity index (χ4n) is 1.54. The molecular formula is C15H12BrClO. The molecule has 0 amide bonds. The summed E-state index contributed by atoms with van der Waals surface area (Å²) >= 11 is 9.57. The number of ether oxygens (including phenoxy) is 1. The van der Waals surface area contributed by atoms with Gasteiger partial charge in [0.1, 0.15) is 12.4 Å². The Morgan fingerprint density at radius 1 is 1.22 bits per heavy atom. The lowest BCUT2D eigenvalue weighted by atomic mass is 10.2. The summed E-state index contributed by atoms with van der Waals surface area (Å²) in [6.07, 6.45) is 1.72. The van der Waals surface area contributed by atoms with E-state index < -0.39 is 0 Å². The molecular weight excluding hydrogens is 312 g/mol. The molecule has 0 N–H and O–H groups in total. The van der Waals surface area contributed by atoms with Crippen LogP contribution in [0.1, 0.15) is 11.1 Å². The van der Waals surface area contributed by atoms with E-state index in [9.17, 15) is 0 Å². The van der Waals surface area contributed by atoms with E-state index in [1.54, 1.807) is 12.1 Å². The first-order valence-corrected chi connectivity index (χ1v) is 6.66. The highest BCUT2D eigenvalue weighted by molar-refractivity contribution is 9.10. The van der Waals surface area contributed by atoms with Gasteiger partial charge in [0, 0.05) is 10.0 Å². The van der Waals surface area contributed by atoms with Crippen molar-refractivity contribution in [2.45, 2.75) is 6.61 Å². The Morgan fingerprint density at radius 2 is 2.00 bits per heavy atom. The lowest BCUT2D eigenvalue weighted by Crippen LogP contribution is -1.96. The molecule has 2 aromatic carbocycles. The average molecular weight is 324 g/mol. The average Bonchev–Trinajstić information content (AvgIpc) is 2.38. The van der Waals surface area contributed by atoms with Crippen LogP contribution in [-0.2, 0) is 6.61 Å². The van der Waals surface area contributed by atoms with Crippen LogP contribution in [0.15, 0.2) is 53.5 Å². The van der Waals surface area contributed by atoms with Crippen LogP contribution in [0.5, 0.6) is 5.75 Å². The highest BCUT2D eigenvalue weighted by atomic mass is 79.9. The predicted octanol–water partition coefficient (Wildman–Crippen LogP) is 5.32. The Balaban J connectivity index is 2.09. The Hall–Kier alpha value is -1.25. The summed E-state index contributed by atoms with van der Waals surface area (Å²) in [6.45, 7) is 4.20. The maximum absolute atomic E-state index is 6.08. The van der Waals surface area contributed by atoms with Crippen LogP contribution in [0.25, 0.3) is 6.08 Å². The van der Waals surface area contributed by atoms with Crippen LogP contribution < -0.4 is 4.74 Å². The van der Waals surface area contributed by atoms with Crippen molar-refractivity contribution >= 4 is 33.6 Å². The number of hydrogen-bond donors (Lipinski definition) is 0. The van der Waals surface area contributed by atoms with Crippen molar-refractivity contribution in [2.75, 3.05) is 0 Å². The van der Waals surface area contributed by atoms with Crippen molar-refractivity contribution in [1.82, 2.24) is 0 Å². The van der Waals surface area contributed by atoms with Gasteiger partial charge in [-0.1, -0.05) is 58.4 Å². The summed E-state index contributed by atoms with van der Waals surface area (Å²) in [4.78, 5) is 0. The summed E-state index contributed by atoms with van der Waals surface area (Å²) < 4.78 is 6.75. The molecule has 92 valence electrons. The third-order valence-corrected chi connectivity index (χ3v) is 3.64. The summed E-state index contributed by atoms with van der Waals surface area (Å²) in [6, 6.07) is 13.6. The molecule has 2 rings (SSSR count). The Labute approximate surface area is 120 Å². The molecule has 0 radical (unpaired) electrons. The van der Waals surface area contributed by atoms with Crippen LogP contribution in [0.3, 0.4) is 0 Å². The van der Waals surface area contributed by atoms with Gasteiger partial charge in [-0.25, -0.2) is 0 Å². The van der Waals surface area contributed by atoms with E-state index in [-0.39, 0.29) is 0 Å². The number of hydrogen-bond acceptors (Lipinski definition) is 1. The molecule has 3 heteroatoms. The predicted molar refractivity (Wildman–Crippen MR) is 80.0 cm³/mol. The summed E-state index contributed by atoms with van der Waals surface area (Å²) in [5, 5.41) is 0.648. The van der Waals surface area contributed by atoms with E-state index in [2.05, 4.69) is 22.5 Å². The number of halogens is 2. The van der Waals surface area contributed by atoms with E-state index in [1.807, 2.05) is 36.4 Å². The van der Waals surface area contributed by atoms with Gasteiger partial charge >= 0.3 is 0 Å². The van der Waals surface area contributed by atoms with Gasteiger partial charge in [-0.3, -0.25) is 0 Å². The SMILES string of the molecule is C=Cc1ccc(OCc2ccccc2Br)cc1Cl. The van der Waals surface area contributed by atoms with Crippen molar-refractivity contribution < 1.29 is 4.74 Å². The van der Waals surface area contributed by atoms with E-state index in [4.69, 9.17) is 16.3 Å². The smallest absolute Gasteiger partial charge is 0.121 e. The lowest BCUT2D eigenvalue weighted by Gasteiger charge is -2.09. The number of benzene rings is 2. The molecule has 18 heavy (non-hydrogen) atoms. The highest BCUT2D eigenvalue weighted by Crippen LogP contribution is 2.25. The molecule has 2 aromatic rings. The van der Waals surface area contributed by atoms with E-state index in [0.717, 1.165) is 21.3 Å². The highest BCUT2D eigenvalue weighted by Gasteiger charge is 2.02. The molecule has 0 aliphatic carbocycles. The maximum Gasteiger partial charge on any atom is 0.121 e. The monoisotopic (exact) mass is 322 g/mol. The molecule has 0 saturated heterocycles. The minimum absolute atomic E-state index is 0.505. The van der Waals surface area contributed by atoms with Gasteiger partial charge < -0.3 is 4.74 Å². The van der Waals surface area contributed by atoms with Crippen molar-refractivity contribution in [3.05, 3.63) is 69.7 Å². The van der Waals surface area contributed by atoms with Crippen molar-refractivity contribution in [3.63, 3.8) is 0 Å². The second-order valence-electron chi connectivity index (χ2n) is 3.77. The van der Waals surface area contributed by atoms with Crippen LogP contribution in [-0.4, -0.2) is 0 Å². The lowest BCUT2D eigenvalue weighted by molar-refractivity contribution is 0.305. The molecule has 0 saturated carbocycles. The molecule has 0 fully saturated rings. The Morgan fingerprint density at radius 3 is 2.67 bits per heavy atom. The Kier molecular flexibility index (Phi) is 4.45. The van der Waals surface area contributed by atoms with E-state index in [1.165, 1.54) is 0 Å². The molecule has 0 heterocycles. The topological polar surface area (TPSA) is 9.23 Å². The second kappa shape index (κ2) is 6.07. The van der Waals surface area contributed by atoms with Crippen LogP contribution >= 0.6 is 27.5 Å². The third-order valence-electron chi connectivity index (χ3n) is 2.54. The van der Waals surface area contributed by atoms with Crippen LogP contribution in [0.4, 0.5) is 0 Å². The molecule has 0 aliphatic rings. The molecule has 0 bridgehead atoms.